The molecule has 9 rings (SSSR count). The second-order valence-electron chi connectivity index (χ2n) is 17.8. The number of thiazole rings is 1. The highest BCUT2D eigenvalue weighted by Gasteiger charge is 2.42. The number of aromatic hydroxyl groups is 1. The van der Waals surface area contributed by atoms with E-state index in [2.05, 4.69) is 25.7 Å². The van der Waals surface area contributed by atoms with Crippen molar-refractivity contribution in [3.05, 3.63) is 99.3 Å². The molecule has 0 bridgehead atoms. The van der Waals surface area contributed by atoms with Gasteiger partial charge in [0.2, 0.25) is 17.7 Å². The lowest BCUT2D eigenvalue weighted by atomic mass is 9.85. The maximum atomic E-state index is 14.2. The number of aromatic nitrogens is 4. The van der Waals surface area contributed by atoms with Crippen molar-refractivity contribution in [1.82, 2.24) is 35.5 Å². The second-order valence-corrected chi connectivity index (χ2v) is 19.7. The highest BCUT2D eigenvalue weighted by atomic mass is 32.1. The van der Waals surface area contributed by atoms with Gasteiger partial charge in [-0.25, -0.2) is 4.98 Å². The number of amides is 3. The molecule has 5 atom stereocenters. The number of carbonyl (C=O) groups is 3. The number of thiophene rings is 1. The first kappa shape index (κ1) is 42.8. The Hall–Kier alpha value is -5.51. The summed E-state index contributed by atoms with van der Waals surface area (Å²) in [5.41, 5.74) is 8.08. The lowest BCUT2D eigenvalue weighted by molar-refractivity contribution is -0.143. The van der Waals surface area contributed by atoms with Crippen LogP contribution < -0.4 is 5.32 Å². The van der Waals surface area contributed by atoms with Crippen LogP contribution in [0.2, 0.25) is 0 Å². The van der Waals surface area contributed by atoms with Gasteiger partial charge in [0, 0.05) is 72.1 Å². The van der Waals surface area contributed by atoms with E-state index < -0.39 is 18.1 Å². The number of likely N-dealkylation sites (tertiary alicyclic amines) is 2. The third-order valence-electron chi connectivity index (χ3n) is 13.3. The Morgan fingerprint density at radius 1 is 1.00 bits per heavy atom. The summed E-state index contributed by atoms with van der Waals surface area (Å²) in [7, 11) is 0. The van der Waals surface area contributed by atoms with E-state index in [9.17, 15) is 24.6 Å². The number of hydrogen-bond donors (Lipinski definition) is 3. The summed E-state index contributed by atoms with van der Waals surface area (Å²) in [4.78, 5) is 53.1. The zero-order valence-electron chi connectivity index (χ0n) is 36.0. The number of nitrogens with zero attached hydrogens (tertiary/aromatic N) is 6. The number of β-amino-alcohol motifs (C(OH)–C–C–N with tert-alkyl or cyclic N) is 1. The maximum absolute atomic E-state index is 14.2. The van der Waals surface area contributed by atoms with Crippen molar-refractivity contribution in [3.8, 4) is 27.4 Å². The van der Waals surface area contributed by atoms with E-state index >= 15 is 0 Å². The van der Waals surface area contributed by atoms with Crippen molar-refractivity contribution in [2.75, 3.05) is 19.6 Å². The van der Waals surface area contributed by atoms with Crippen molar-refractivity contribution in [2.24, 2.45) is 17.8 Å². The summed E-state index contributed by atoms with van der Waals surface area (Å²) in [6.07, 6.45) is 3.51. The highest BCUT2D eigenvalue weighted by molar-refractivity contribution is 7.18. The van der Waals surface area contributed by atoms with E-state index in [1.165, 1.54) is 10.4 Å². The molecule has 328 valence electrons. The smallest absolute Gasteiger partial charge is 0.243 e. The Kier molecular flexibility index (Phi) is 12.2. The Morgan fingerprint density at radius 3 is 2.51 bits per heavy atom. The number of rotatable bonds is 11. The standard InChI is InChI=1S/C48H53N7O6S2/c1-26(2)36(48(60)55-24-33(56)20-41(55)45(58)50-27(3)29-9-11-31(12-10-29)44-28(4)49-25-62-44)21-34-22-39(53-61-34)30-15-17-54(18-16-30)47(59)32-13-14-43-37(19-32)38-23-40(51-52-46(38)63-43)35-7-5-6-8-42(35)57/h5-12,22-23,25-27,30,32-33,36,41,56-57H,13-21,24H2,1-4H3,(H,50,58)/t27-,32+,33+,36-,41-/m0/s1. The van der Waals surface area contributed by atoms with Crippen LogP contribution in [0, 0.1) is 24.7 Å². The normalized spacial score (nSPS) is 20.3. The molecule has 6 heterocycles. The molecule has 63 heavy (non-hydrogen) atoms. The van der Waals surface area contributed by atoms with Gasteiger partial charge in [-0.15, -0.1) is 32.9 Å². The molecule has 1 aliphatic carbocycles. The Labute approximate surface area is 374 Å². The molecule has 3 N–H and O–H groups in total. The summed E-state index contributed by atoms with van der Waals surface area (Å²) < 4.78 is 5.86. The molecule has 0 saturated carbocycles. The third-order valence-corrected chi connectivity index (χ3v) is 15.5. The molecule has 2 saturated heterocycles. The minimum absolute atomic E-state index is 0.0587. The van der Waals surface area contributed by atoms with Crippen LogP contribution in [0.15, 0.2) is 70.7 Å². The fraction of sp³-hybridized carbons (Fsp3) is 0.438. The molecule has 2 fully saturated rings. The molecule has 0 radical (unpaired) electrons. The van der Waals surface area contributed by atoms with Crippen LogP contribution in [-0.4, -0.2) is 89.9 Å². The van der Waals surface area contributed by atoms with E-state index in [0.29, 0.717) is 42.9 Å². The summed E-state index contributed by atoms with van der Waals surface area (Å²) in [5, 5.41) is 38.6. The molecule has 0 spiro atoms. The SMILES string of the molecule is Cc1ncsc1-c1ccc([C@H](C)NC(=O)[C@@H]2C[C@@H](O)CN2C(=O)[C@@H](Cc2cc(C3CCN(C(=O)[C@@H]4CCc5sc6nnc(-c7ccccc7O)cc6c5C4)CC3)no2)C(C)C)cc1. The lowest BCUT2D eigenvalue weighted by Gasteiger charge is -2.34. The number of hydrogen-bond acceptors (Lipinski definition) is 12. The molecule has 6 aromatic rings. The first-order valence-corrected chi connectivity index (χ1v) is 23.7. The number of carbonyl (C=O) groups excluding carboxylic acids is 3. The van der Waals surface area contributed by atoms with Gasteiger partial charge in [-0.1, -0.05) is 55.4 Å². The van der Waals surface area contributed by atoms with Crippen molar-refractivity contribution in [1.29, 1.82) is 0 Å². The molecule has 4 aromatic heterocycles. The minimum atomic E-state index is -0.797. The van der Waals surface area contributed by atoms with Crippen molar-refractivity contribution in [3.63, 3.8) is 0 Å². The van der Waals surface area contributed by atoms with Gasteiger partial charge in [0.05, 0.1) is 39.6 Å². The summed E-state index contributed by atoms with van der Waals surface area (Å²) in [6.45, 7) is 9.25. The fourth-order valence-electron chi connectivity index (χ4n) is 9.62. The van der Waals surface area contributed by atoms with Crippen molar-refractivity contribution in [2.45, 2.75) is 96.7 Å². The number of fused-ring (bicyclic) bond motifs is 3. The summed E-state index contributed by atoms with van der Waals surface area (Å²) >= 11 is 3.24. The van der Waals surface area contributed by atoms with Crippen molar-refractivity contribution >= 4 is 50.6 Å². The number of para-hydroxylation sites is 1. The van der Waals surface area contributed by atoms with Gasteiger partial charge in [0.1, 0.15) is 22.4 Å². The molecule has 15 heteroatoms. The first-order chi connectivity index (χ1) is 30.4. The second kappa shape index (κ2) is 17.9. The van der Waals surface area contributed by atoms with Gasteiger partial charge < -0.3 is 29.9 Å². The Morgan fingerprint density at radius 2 is 1.78 bits per heavy atom. The number of phenols is 1. The van der Waals surface area contributed by atoms with Crippen LogP contribution in [0.3, 0.4) is 0 Å². The van der Waals surface area contributed by atoms with Gasteiger partial charge in [0.25, 0.3) is 0 Å². The largest absolute Gasteiger partial charge is 0.507 e. The number of nitrogens with one attached hydrogen (secondary N) is 1. The third kappa shape index (κ3) is 8.75. The number of aliphatic hydroxyl groups is 1. The fourth-order valence-corrected chi connectivity index (χ4v) is 11.6. The van der Waals surface area contributed by atoms with E-state index in [1.807, 2.05) is 86.6 Å². The van der Waals surface area contributed by atoms with Crippen LogP contribution in [0.5, 0.6) is 5.75 Å². The van der Waals surface area contributed by atoms with Crippen LogP contribution >= 0.6 is 22.7 Å². The van der Waals surface area contributed by atoms with E-state index in [4.69, 9.17) is 4.52 Å². The quantitative estimate of drug-likeness (QED) is 0.117. The molecule has 3 amide bonds. The van der Waals surface area contributed by atoms with Crippen LogP contribution in [0.25, 0.3) is 31.9 Å². The van der Waals surface area contributed by atoms with Crippen molar-refractivity contribution < 1.29 is 29.1 Å². The number of aryl methyl sites for hydroxylation is 2. The topological polar surface area (TPSA) is 175 Å². The van der Waals surface area contributed by atoms with Crippen LogP contribution in [0.4, 0.5) is 0 Å². The zero-order valence-corrected chi connectivity index (χ0v) is 37.6. The monoisotopic (exact) mass is 887 g/mol. The highest BCUT2D eigenvalue weighted by Crippen LogP contribution is 2.40. The molecule has 3 aliphatic rings. The number of phenolic OH excluding ortho intramolecular Hbond substituents is 1. The molecule has 2 aromatic carbocycles. The van der Waals surface area contributed by atoms with E-state index in [0.717, 1.165) is 63.3 Å². The van der Waals surface area contributed by atoms with E-state index in [1.54, 1.807) is 39.7 Å². The predicted octanol–water partition coefficient (Wildman–Crippen LogP) is 7.65. The van der Waals surface area contributed by atoms with Gasteiger partial charge in [-0.3, -0.25) is 14.4 Å². The van der Waals surface area contributed by atoms with Gasteiger partial charge in [-0.05, 0) is 86.8 Å². The maximum Gasteiger partial charge on any atom is 0.243 e. The first-order valence-electron chi connectivity index (χ1n) is 22.0. The summed E-state index contributed by atoms with van der Waals surface area (Å²) in [5.74, 6) is -0.0384. The predicted molar refractivity (Wildman–Crippen MR) is 242 cm³/mol. The van der Waals surface area contributed by atoms with Gasteiger partial charge >= 0.3 is 0 Å². The minimum Gasteiger partial charge on any atom is -0.507 e. The average molecular weight is 888 g/mol. The lowest BCUT2D eigenvalue weighted by Crippen LogP contribution is -2.49. The Bertz CT molecular complexity index is 2630. The Balaban J connectivity index is 0.798. The molecule has 13 nitrogen and oxygen atoms in total. The van der Waals surface area contributed by atoms with Crippen LogP contribution in [0.1, 0.15) is 91.6 Å². The molecular formula is C48H53N7O6S2. The van der Waals surface area contributed by atoms with Gasteiger partial charge in [-0.2, -0.15) is 0 Å². The average Bonchev–Trinajstić information content (AvgIpc) is 4.11. The molecule has 0 unspecified atom stereocenters. The number of benzene rings is 2. The molecule has 2 aliphatic heterocycles. The molecular weight excluding hydrogens is 835 g/mol. The van der Waals surface area contributed by atoms with Crippen LogP contribution in [-0.2, 0) is 33.6 Å². The summed E-state index contributed by atoms with van der Waals surface area (Å²) in [6, 6.07) is 18.1. The van der Waals surface area contributed by atoms with Gasteiger partial charge in [0.15, 0.2) is 0 Å². The number of aliphatic hydroxyl groups excluding tert-OH is 1. The van der Waals surface area contributed by atoms with E-state index in [-0.39, 0.29) is 60.2 Å². The number of piperidine rings is 1. The zero-order chi connectivity index (χ0) is 43.9.